The highest BCUT2D eigenvalue weighted by Gasteiger charge is 2.13. The number of carbonyl (C=O) groups excluding carboxylic acids is 1. The van der Waals surface area contributed by atoms with Crippen LogP contribution in [0, 0.1) is 0 Å². The van der Waals surface area contributed by atoms with Crippen LogP contribution in [0.1, 0.15) is 11.4 Å². The van der Waals surface area contributed by atoms with Crippen molar-refractivity contribution in [2.75, 3.05) is 13.7 Å². The summed E-state index contributed by atoms with van der Waals surface area (Å²) in [5.41, 5.74) is 6.69. The molecular formula is C13H17N3O2S. The van der Waals surface area contributed by atoms with Crippen LogP contribution in [-0.2, 0) is 16.1 Å². The van der Waals surface area contributed by atoms with Crippen molar-refractivity contribution in [2.45, 2.75) is 19.0 Å². The summed E-state index contributed by atoms with van der Waals surface area (Å²) in [6, 6.07) is 7.37. The second-order valence-corrected chi connectivity index (χ2v) is 5.30. The van der Waals surface area contributed by atoms with E-state index in [1.807, 2.05) is 24.3 Å². The maximum Gasteiger partial charge on any atom is 0.237 e. The van der Waals surface area contributed by atoms with Crippen molar-refractivity contribution in [1.82, 2.24) is 10.3 Å². The summed E-state index contributed by atoms with van der Waals surface area (Å²) in [5.74, 6) is -0.170. The predicted molar refractivity (Wildman–Crippen MR) is 75.9 cm³/mol. The third-order valence-corrected chi connectivity index (χ3v) is 3.76. The van der Waals surface area contributed by atoms with Gasteiger partial charge in [-0.3, -0.25) is 4.79 Å². The summed E-state index contributed by atoms with van der Waals surface area (Å²) < 4.78 is 6.02. The number of carbonyl (C=O) groups is 1. The molecule has 0 aliphatic rings. The topological polar surface area (TPSA) is 77.2 Å². The normalized spacial score (nSPS) is 12.5. The Kier molecular flexibility index (Phi) is 4.84. The van der Waals surface area contributed by atoms with Gasteiger partial charge in [-0.25, -0.2) is 4.98 Å². The average Bonchev–Trinajstić information content (AvgIpc) is 2.84. The number of nitrogens with two attached hydrogens (primary N) is 1. The minimum Gasteiger partial charge on any atom is -0.385 e. The molecule has 1 heterocycles. The third-order valence-electron chi connectivity index (χ3n) is 2.72. The van der Waals surface area contributed by atoms with Crippen LogP contribution in [0.15, 0.2) is 24.3 Å². The number of aromatic nitrogens is 1. The van der Waals surface area contributed by atoms with Crippen LogP contribution in [0.3, 0.4) is 0 Å². The lowest BCUT2D eigenvalue weighted by Crippen LogP contribution is -2.40. The molecule has 0 fully saturated rings. The van der Waals surface area contributed by atoms with E-state index in [0.29, 0.717) is 19.6 Å². The number of hydrogen-bond donors (Lipinski definition) is 2. The van der Waals surface area contributed by atoms with Gasteiger partial charge in [0, 0.05) is 13.7 Å². The Bertz CT molecular complexity index is 523. The highest BCUT2D eigenvalue weighted by Crippen LogP contribution is 2.21. The number of para-hydroxylation sites is 1. The van der Waals surface area contributed by atoms with Crippen LogP contribution in [0.2, 0.25) is 0 Å². The fourth-order valence-corrected chi connectivity index (χ4v) is 2.57. The second kappa shape index (κ2) is 6.60. The molecule has 1 atom stereocenters. The van der Waals surface area contributed by atoms with Gasteiger partial charge in [0.05, 0.1) is 22.8 Å². The number of fused-ring (bicyclic) bond motifs is 1. The Morgan fingerprint density at radius 1 is 1.53 bits per heavy atom. The van der Waals surface area contributed by atoms with Crippen molar-refractivity contribution in [1.29, 1.82) is 0 Å². The average molecular weight is 279 g/mol. The summed E-state index contributed by atoms with van der Waals surface area (Å²) in [7, 11) is 1.59. The fraction of sp³-hybridized carbons (Fsp3) is 0.385. The largest absolute Gasteiger partial charge is 0.385 e. The predicted octanol–water partition coefficient (Wildman–Crippen LogP) is 1.28. The molecule has 1 aromatic heterocycles. The van der Waals surface area contributed by atoms with Gasteiger partial charge in [0.2, 0.25) is 5.91 Å². The van der Waals surface area contributed by atoms with Crippen LogP contribution in [0.4, 0.5) is 0 Å². The molecule has 0 radical (unpaired) electrons. The standard InChI is InChI=1S/C13H17N3O2S/c1-18-7-6-9(14)13(17)15-8-12-16-10-4-2-3-5-11(10)19-12/h2-5,9H,6-8,14H2,1H3,(H,15,17). The van der Waals surface area contributed by atoms with E-state index in [2.05, 4.69) is 10.3 Å². The first-order valence-corrected chi connectivity index (χ1v) is 6.89. The van der Waals surface area contributed by atoms with Gasteiger partial charge in [-0.15, -0.1) is 11.3 Å². The van der Waals surface area contributed by atoms with Crippen molar-refractivity contribution in [2.24, 2.45) is 5.73 Å². The van der Waals surface area contributed by atoms with E-state index in [4.69, 9.17) is 10.5 Å². The molecule has 1 aromatic carbocycles. The molecule has 0 saturated heterocycles. The lowest BCUT2D eigenvalue weighted by Gasteiger charge is -2.10. The first kappa shape index (κ1) is 13.9. The van der Waals surface area contributed by atoms with Crippen LogP contribution in [-0.4, -0.2) is 30.6 Å². The first-order valence-electron chi connectivity index (χ1n) is 6.07. The molecule has 3 N–H and O–H groups in total. The molecule has 6 heteroatoms. The van der Waals surface area contributed by atoms with Crippen molar-refractivity contribution >= 4 is 27.5 Å². The van der Waals surface area contributed by atoms with Gasteiger partial charge >= 0.3 is 0 Å². The van der Waals surface area contributed by atoms with E-state index in [1.165, 1.54) is 0 Å². The molecule has 0 aliphatic carbocycles. The monoisotopic (exact) mass is 279 g/mol. The first-order chi connectivity index (χ1) is 9.20. The minimum absolute atomic E-state index is 0.170. The summed E-state index contributed by atoms with van der Waals surface area (Å²) in [6.45, 7) is 0.897. The zero-order valence-electron chi connectivity index (χ0n) is 10.8. The number of rotatable bonds is 6. The van der Waals surface area contributed by atoms with Crippen molar-refractivity contribution < 1.29 is 9.53 Å². The number of nitrogens with one attached hydrogen (secondary N) is 1. The molecule has 0 aliphatic heterocycles. The minimum atomic E-state index is -0.533. The third kappa shape index (κ3) is 3.73. The number of amides is 1. The second-order valence-electron chi connectivity index (χ2n) is 4.18. The van der Waals surface area contributed by atoms with Gasteiger partial charge in [-0.1, -0.05) is 12.1 Å². The number of thiazole rings is 1. The van der Waals surface area contributed by atoms with Gasteiger partial charge in [0.1, 0.15) is 5.01 Å². The molecule has 2 aromatic rings. The molecule has 2 rings (SSSR count). The molecule has 5 nitrogen and oxygen atoms in total. The Morgan fingerprint density at radius 3 is 3.05 bits per heavy atom. The summed E-state index contributed by atoms with van der Waals surface area (Å²) in [5, 5.41) is 3.68. The van der Waals surface area contributed by atoms with Gasteiger partial charge in [-0.05, 0) is 18.6 Å². The summed E-state index contributed by atoms with van der Waals surface area (Å²) in [6.07, 6.45) is 0.516. The number of methoxy groups -OCH3 is 1. The van der Waals surface area contributed by atoms with Crippen molar-refractivity contribution in [3.05, 3.63) is 29.3 Å². The number of nitrogens with zero attached hydrogens (tertiary/aromatic N) is 1. The highest BCUT2D eigenvalue weighted by atomic mass is 32.1. The van der Waals surface area contributed by atoms with Crippen molar-refractivity contribution in [3.63, 3.8) is 0 Å². The van der Waals surface area contributed by atoms with Crippen LogP contribution in [0.25, 0.3) is 10.2 Å². The fourth-order valence-electron chi connectivity index (χ4n) is 1.67. The molecule has 0 spiro atoms. The SMILES string of the molecule is COCCC(N)C(=O)NCc1nc2ccccc2s1. The Morgan fingerprint density at radius 2 is 2.32 bits per heavy atom. The van der Waals surface area contributed by atoms with Crippen LogP contribution >= 0.6 is 11.3 Å². The number of hydrogen-bond acceptors (Lipinski definition) is 5. The van der Waals surface area contributed by atoms with E-state index < -0.39 is 6.04 Å². The molecular weight excluding hydrogens is 262 g/mol. The summed E-state index contributed by atoms with van der Waals surface area (Å²) in [4.78, 5) is 16.2. The quantitative estimate of drug-likeness (QED) is 0.835. The molecule has 0 bridgehead atoms. The van der Waals surface area contributed by atoms with E-state index in [-0.39, 0.29) is 5.91 Å². The smallest absolute Gasteiger partial charge is 0.237 e. The maximum absolute atomic E-state index is 11.7. The van der Waals surface area contributed by atoms with E-state index in [9.17, 15) is 4.79 Å². The van der Waals surface area contributed by atoms with Crippen molar-refractivity contribution in [3.8, 4) is 0 Å². The molecule has 0 saturated carbocycles. The van der Waals surface area contributed by atoms with Crippen LogP contribution in [0.5, 0.6) is 0 Å². The maximum atomic E-state index is 11.7. The van der Waals surface area contributed by atoms with Crippen LogP contribution < -0.4 is 11.1 Å². The lowest BCUT2D eigenvalue weighted by atomic mass is 10.2. The molecule has 19 heavy (non-hydrogen) atoms. The van der Waals surface area contributed by atoms with E-state index in [1.54, 1.807) is 18.4 Å². The Hall–Kier alpha value is -1.50. The Labute approximate surface area is 115 Å². The highest BCUT2D eigenvalue weighted by molar-refractivity contribution is 7.18. The zero-order chi connectivity index (χ0) is 13.7. The van der Waals surface area contributed by atoms with E-state index >= 15 is 0 Å². The molecule has 1 unspecified atom stereocenters. The van der Waals surface area contributed by atoms with Gasteiger partial charge in [0.15, 0.2) is 0 Å². The van der Waals surface area contributed by atoms with Gasteiger partial charge < -0.3 is 15.8 Å². The van der Waals surface area contributed by atoms with Gasteiger partial charge in [-0.2, -0.15) is 0 Å². The van der Waals surface area contributed by atoms with E-state index in [0.717, 1.165) is 15.2 Å². The zero-order valence-corrected chi connectivity index (χ0v) is 11.6. The number of benzene rings is 1. The number of ether oxygens (including phenoxy) is 1. The molecule has 1 amide bonds. The molecule has 102 valence electrons. The van der Waals surface area contributed by atoms with Gasteiger partial charge in [0.25, 0.3) is 0 Å². The lowest BCUT2D eigenvalue weighted by molar-refractivity contribution is -0.122. The summed E-state index contributed by atoms with van der Waals surface area (Å²) >= 11 is 1.58. The Balaban J connectivity index is 1.89.